The first-order valence-corrected chi connectivity index (χ1v) is 9.68. The molecular weight excluding hydrogens is 415 g/mol. The second-order valence-corrected chi connectivity index (χ2v) is 7.79. The molecule has 0 saturated carbocycles. The fourth-order valence-electron chi connectivity index (χ4n) is 3.59. The Kier molecular flexibility index (Phi) is 4.83. The molecule has 1 aliphatic carbocycles. The molecule has 3 aliphatic rings. The van der Waals surface area contributed by atoms with E-state index in [9.17, 15) is 22.8 Å². The summed E-state index contributed by atoms with van der Waals surface area (Å²) in [6.45, 7) is 5.12. The molecule has 1 fully saturated rings. The second kappa shape index (κ2) is 7.14. The van der Waals surface area contributed by atoms with E-state index in [2.05, 4.69) is 10.3 Å². The maximum absolute atomic E-state index is 13.1. The minimum Gasteiger partial charge on any atom is -0.483 e. The Bertz CT molecular complexity index is 1060. The van der Waals surface area contributed by atoms with Crippen LogP contribution >= 0.6 is 0 Å². The van der Waals surface area contributed by atoms with Crippen molar-refractivity contribution in [2.75, 3.05) is 4.90 Å². The van der Waals surface area contributed by atoms with Crippen molar-refractivity contribution in [1.29, 1.82) is 0 Å². The summed E-state index contributed by atoms with van der Waals surface area (Å²) in [7, 11) is 0. The van der Waals surface area contributed by atoms with Crippen LogP contribution in [0.4, 0.5) is 23.7 Å². The van der Waals surface area contributed by atoms with Gasteiger partial charge < -0.3 is 14.8 Å². The molecule has 2 aliphatic heterocycles. The second-order valence-electron chi connectivity index (χ2n) is 7.79. The zero-order valence-electron chi connectivity index (χ0n) is 17.0. The molecule has 164 valence electrons. The van der Waals surface area contributed by atoms with Gasteiger partial charge in [0.05, 0.1) is 18.1 Å². The van der Waals surface area contributed by atoms with Gasteiger partial charge in [-0.2, -0.15) is 13.2 Å². The standard InChI is InChI=1S/C21H20F3N3O4/c1-4-20(3)18(28)27(19(29)26-20)13-7-11(2)17(25-9-13)31-14-6-5-12-10-30-16(15(12)8-14)21(22,23)24/h6-10,16H,4-5H2,1-3H3,(H,26,29)/t16?,20-/m1/s1. The number of carbonyl (C=O) groups excluding carboxylic acids is 2. The lowest BCUT2D eigenvalue weighted by molar-refractivity contribution is -0.188. The Morgan fingerprint density at radius 3 is 2.74 bits per heavy atom. The van der Waals surface area contributed by atoms with Gasteiger partial charge >= 0.3 is 12.2 Å². The summed E-state index contributed by atoms with van der Waals surface area (Å²) in [6.07, 6.45) is -0.502. The molecule has 0 spiro atoms. The number of aryl methyl sites for hydroxylation is 1. The largest absolute Gasteiger partial charge is 0.483 e. The van der Waals surface area contributed by atoms with Crippen LogP contribution in [0.2, 0.25) is 0 Å². The number of nitrogens with one attached hydrogen (secondary N) is 1. The van der Waals surface area contributed by atoms with Crippen LogP contribution in [-0.4, -0.2) is 34.7 Å². The Morgan fingerprint density at radius 2 is 2.13 bits per heavy atom. The Balaban J connectivity index is 1.55. The number of alkyl halides is 3. The van der Waals surface area contributed by atoms with E-state index in [1.807, 2.05) is 0 Å². The summed E-state index contributed by atoms with van der Waals surface area (Å²) < 4.78 is 49.9. The molecule has 0 bridgehead atoms. The molecule has 0 radical (unpaired) electrons. The minimum absolute atomic E-state index is 0.0115. The highest BCUT2D eigenvalue weighted by atomic mass is 19.4. The summed E-state index contributed by atoms with van der Waals surface area (Å²) in [6, 6.07) is 1.03. The van der Waals surface area contributed by atoms with Gasteiger partial charge in [-0.3, -0.25) is 4.79 Å². The molecule has 10 heteroatoms. The highest BCUT2D eigenvalue weighted by molar-refractivity contribution is 6.23. The topological polar surface area (TPSA) is 80.8 Å². The van der Waals surface area contributed by atoms with Crippen molar-refractivity contribution in [1.82, 2.24) is 10.3 Å². The number of ether oxygens (including phenoxy) is 2. The van der Waals surface area contributed by atoms with Crippen LogP contribution in [-0.2, 0) is 9.53 Å². The number of aromatic nitrogens is 1. The number of urea groups is 1. The summed E-state index contributed by atoms with van der Waals surface area (Å²) in [4.78, 5) is 30.2. The number of fused-ring (bicyclic) bond motifs is 1. The average molecular weight is 435 g/mol. The number of anilines is 1. The number of hydrogen-bond acceptors (Lipinski definition) is 5. The smallest absolute Gasteiger partial charge is 0.429 e. The Hall–Kier alpha value is -3.30. The van der Waals surface area contributed by atoms with Crippen LogP contribution in [0.3, 0.4) is 0 Å². The number of amides is 3. The van der Waals surface area contributed by atoms with E-state index in [1.54, 1.807) is 32.9 Å². The monoisotopic (exact) mass is 435 g/mol. The zero-order valence-corrected chi connectivity index (χ0v) is 17.0. The molecule has 7 nitrogen and oxygen atoms in total. The zero-order chi connectivity index (χ0) is 22.6. The van der Waals surface area contributed by atoms with Gasteiger partial charge in [0.1, 0.15) is 11.3 Å². The van der Waals surface area contributed by atoms with Gasteiger partial charge in [0.2, 0.25) is 12.0 Å². The fraction of sp³-hybridized carbons (Fsp3) is 0.381. The SMILES string of the molecule is CC[C@@]1(C)NC(=O)N(c2cnc(OC3=CCC4=COC(C(F)(F)F)C4=C3)c(C)c2)C1=O. The predicted octanol–water partition coefficient (Wildman–Crippen LogP) is 4.05. The third-order valence-corrected chi connectivity index (χ3v) is 5.57. The number of imide groups is 1. The summed E-state index contributed by atoms with van der Waals surface area (Å²) >= 11 is 0. The van der Waals surface area contributed by atoms with Crippen molar-refractivity contribution in [2.24, 2.45) is 0 Å². The molecule has 1 N–H and O–H groups in total. The van der Waals surface area contributed by atoms with Gasteiger partial charge in [0, 0.05) is 11.1 Å². The van der Waals surface area contributed by atoms with E-state index in [-0.39, 0.29) is 35.2 Å². The van der Waals surface area contributed by atoms with Crippen LogP contribution < -0.4 is 15.0 Å². The van der Waals surface area contributed by atoms with Gasteiger partial charge in [0.15, 0.2) is 0 Å². The third-order valence-electron chi connectivity index (χ3n) is 5.57. The van der Waals surface area contributed by atoms with Crippen molar-refractivity contribution in [3.8, 4) is 5.88 Å². The first-order valence-electron chi connectivity index (χ1n) is 9.68. The molecule has 1 aromatic rings. The molecule has 4 rings (SSSR count). The van der Waals surface area contributed by atoms with Crippen LogP contribution in [0.1, 0.15) is 32.3 Å². The quantitative estimate of drug-likeness (QED) is 0.722. The molecule has 1 unspecified atom stereocenters. The number of hydrogen-bond donors (Lipinski definition) is 1. The van der Waals surface area contributed by atoms with Crippen LogP contribution in [0, 0.1) is 6.92 Å². The van der Waals surface area contributed by atoms with Gasteiger partial charge in [-0.1, -0.05) is 6.92 Å². The van der Waals surface area contributed by atoms with Gasteiger partial charge in [-0.25, -0.2) is 14.7 Å². The maximum atomic E-state index is 13.1. The molecule has 31 heavy (non-hydrogen) atoms. The third kappa shape index (κ3) is 3.55. The van der Waals surface area contributed by atoms with Crippen LogP contribution in [0.5, 0.6) is 5.88 Å². The van der Waals surface area contributed by atoms with Crippen molar-refractivity contribution >= 4 is 17.6 Å². The summed E-state index contributed by atoms with van der Waals surface area (Å²) in [5.74, 6) is -0.0100. The normalized spacial score (nSPS) is 25.4. The van der Waals surface area contributed by atoms with Gasteiger partial charge in [0.25, 0.3) is 5.91 Å². The lowest BCUT2D eigenvalue weighted by Crippen LogP contribution is -2.43. The van der Waals surface area contributed by atoms with E-state index >= 15 is 0 Å². The fourth-order valence-corrected chi connectivity index (χ4v) is 3.59. The first kappa shape index (κ1) is 21.0. The van der Waals surface area contributed by atoms with Gasteiger partial charge in [-0.05, 0) is 50.5 Å². The van der Waals surface area contributed by atoms with E-state index in [1.165, 1.54) is 12.3 Å². The van der Waals surface area contributed by atoms with Crippen LogP contribution in [0.15, 0.2) is 47.6 Å². The average Bonchev–Trinajstić information content (AvgIpc) is 3.22. The maximum Gasteiger partial charge on any atom is 0.429 e. The van der Waals surface area contributed by atoms with Crippen molar-refractivity contribution in [2.45, 2.75) is 51.4 Å². The Morgan fingerprint density at radius 1 is 1.39 bits per heavy atom. The van der Waals surface area contributed by atoms with E-state index in [0.717, 1.165) is 11.2 Å². The summed E-state index contributed by atoms with van der Waals surface area (Å²) in [5, 5.41) is 2.67. The molecule has 3 amide bonds. The molecule has 1 saturated heterocycles. The number of pyridine rings is 1. The molecule has 3 heterocycles. The van der Waals surface area contributed by atoms with E-state index in [0.29, 0.717) is 17.6 Å². The molecule has 1 aromatic heterocycles. The predicted molar refractivity (Wildman–Crippen MR) is 104 cm³/mol. The number of allylic oxidation sites excluding steroid dienone is 2. The van der Waals surface area contributed by atoms with Crippen molar-refractivity contribution < 1.29 is 32.2 Å². The lowest BCUT2D eigenvalue weighted by atomic mass is 9.95. The molecular formula is C21H20F3N3O4. The lowest BCUT2D eigenvalue weighted by Gasteiger charge is -2.21. The number of rotatable bonds is 4. The van der Waals surface area contributed by atoms with E-state index in [4.69, 9.17) is 9.47 Å². The molecule has 0 aromatic carbocycles. The molecule has 2 atom stereocenters. The highest BCUT2D eigenvalue weighted by Crippen LogP contribution is 2.40. The highest BCUT2D eigenvalue weighted by Gasteiger charge is 2.48. The van der Waals surface area contributed by atoms with Gasteiger partial charge in [-0.15, -0.1) is 0 Å². The first-order chi connectivity index (χ1) is 14.5. The number of nitrogens with zero attached hydrogens (tertiary/aromatic N) is 2. The van der Waals surface area contributed by atoms with Crippen molar-refractivity contribution in [3.63, 3.8) is 0 Å². The summed E-state index contributed by atoms with van der Waals surface area (Å²) in [5.41, 5.74) is 0.277. The number of carbonyl (C=O) groups is 2. The minimum atomic E-state index is -4.53. The van der Waals surface area contributed by atoms with E-state index < -0.39 is 23.9 Å². The van der Waals surface area contributed by atoms with Crippen molar-refractivity contribution in [3.05, 3.63) is 53.1 Å². The number of halogens is 3. The Labute approximate surface area is 176 Å². The van der Waals surface area contributed by atoms with Crippen LogP contribution in [0.25, 0.3) is 0 Å².